The number of ether oxygens (including phenoxy) is 1. The van der Waals surface area contributed by atoms with Crippen LogP contribution in [0.3, 0.4) is 0 Å². The average molecular weight is 274 g/mol. The van der Waals surface area contributed by atoms with Crippen molar-refractivity contribution in [2.75, 3.05) is 27.3 Å². The number of carbonyl (C=O) groups excluding carboxylic acids is 2. The SMILES string of the molecule is COCCCN(C)C(=O)C1C=c2ccccc2=NC1=O. The van der Waals surface area contributed by atoms with Crippen LogP contribution in [-0.2, 0) is 14.3 Å². The van der Waals surface area contributed by atoms with Gasteiger partial charge in [-0.2, -0.15) is 0 Å². The van der Waals surface area contributed by atoms with Crippen LogP contribution < -0.4 is 10.6 Å². The van der Waals surface area contributed by atoms with Gasteiger partial charge in [-0.15, -0.1) is 0 Å². The Morgan fingerprint density at radius 2 is 2.15 bits per heavy atom. The van der Waals surface area contributed by atoms with Gasteiger partial charge in [0.2, 0.25) is 5.91 Å². The number of methoxy groups -OCH3 is 1. The van der Waals surface area contributed by atoms with Gasteiger partial charge in [-0.05, 0) is 17.7 Å². The lowest BCUT2D eigenvalue weighted by atomic mass is 10.0. The third kappa shape index (κ3) is 3.11. The van der Waals surface area contributed by atoms with Crippen molar-refractivity contribution in [1.82, 2.24) is 4.90 Å². The summed E-state index contributed by atoms with van der Waals surface area (Å²) in [5.41, 5.74) is 0. The lowest BCUT2D eigenvalue weighted by molar-refractivity contribution is -0.137. The van der Waals surface area contributed by atoms with Gasteiger partial charge in [-0.3, -0.25) is 9.59 Å². The smallest absolute Gasteiger partial charge is 0.262 e. The maximum Gasteiger partial charge on any atom is 0.262 e. The predicted octanol–water partition coefficient (Wildman–Crippen LogP) is -0.262. The zero-order valence-corrected chi connectivity index (χ0v) is 11.7. The van der Waals surface area contributed by atoms with Gasteiger partial charge >= 0.3 is 0 Å². The highest BCUT2D eigenvalue weighted by molar-refractivity contribution is 6.06. The first kappa shape index (κ1) is 14.4. The summed E-state index contributed by atoms with van der Waals surface area (Å²) in [6.07, 6.45) is 2.44. The summed E-state index contributed by atoms with van der Waals surface area (Å²) in [5, 5.41) is 1.46. The normalized spacial score (nSPS) is 16.9. The van der Waals surface area contributed by atoms with Gasteiger partial charge in [0.1, 0.15) is 5.92 Å². The van der Waals surface area contributed by atoms with Crippen molar-refractivity contribution in [2.24, 2.45) is 10.9 Å². The zero-order chi connectivity index (χ0) is 14.5. The topological polar surface area (TPSA) is 59.0 Å². The zero-order valence-electron chi connectivity index (χ0n) is 11.7. The predicted molar refractivity (Wildman–Crippen MR) is 74.3 cm³/mol. The van der Waals surface area contributed by atoms with Crippen LogP contribution in [-0.4, -0.2) is 44.0 Å². The number of carbonyl (C=O) groups is 2. The largest absolute Gasteiger partial charge is 0.385 e. The van der Waals surface area contributed by atoms with E-state index in [9.17, 15) is 9.59 Å². The minimum atomic E-state index is -0.808. The monoisotopic (exact) mass is 274 g/mol. The molecule has 1 unspecified atom stereocenters. The summed E-state index contributed by atoms with van der Waals surface area (Å²) >= 11 is 0. The van der Waals surface area contributed by atoms with Gasteiger partial charge in [0.05, 0.1) is 5.36 Å². The number of fused-ring (bicyclic) bond motifs is 1. The quantitative estimate of drug-likeness (QED) is 0.549. The Bertz CT molecular complexity index is 624. The molecule has 0 radical (unpaired) electrons. The Kier molecular flexibility index (Phi) is 4.63. The molecule has 1 atom stereocenters. The van der Waals surface area contributed by atoms with Crippen molar-refractivity contribution in [3.63, 3.8) is 0 Å². The molecule has 5 nitrogen and oxygen atoms in total. The van der Waals surface area contributed by atoms with E-state index in [1.165, 1.54) is 0 Å². The van der Waals surface area contributed by atoms with Gasteiger partial charge < -0.3 is 9.64 Å². The number of rotatable bonds is 5. The molecule has 0 aliphatic carbocycles. The molecule has 0 bridgehead atoms. The van der Waals surface area contributed by atoms with Crippen LogP contribution in [0.15, 0.2) is 29.3 Å². The number of hydrogen-bond acceptors (Lipinski definition) is 3. The van der Waals surface area contributed by atoms with Crippen LogP contribution in [0.5, 0.6) is 0 Å². The van der Waals surface area contributed by atoms with Crippen LogP contribution in [0.25, 0.3) is 6.08 Å². The van der Waals surface area contributed by atoms with E-state index in [0.717, 1.165) is 11.6 Å². The second-order valence-electron chi connectivity index (χ2n) is 4.76. The van der Waals surface area contributed by atoms with Gasteiger partial charge in [-0.25, -0.2) is 4.99 Å². The molecule has 106 valence electrons. The highest BCUT2D eigenvalue weighted by Gasteiger charge is 2.28. The van der Waals surface area contributed by atoms with E-state index in [-0.39, 0.29) is 5.91 Å². The first-order chi connectivity index (χ1) is 9.63. The average Bonchev–Trinajstić information content (AvgIpc) is 2.46. The third-order valence-corrected chi connectivity index (χ3v) is 3.26. The van der Waals surface area contributed by atoms with Gasteiger partial charge in [0.25, 0.3) is 5.91 Å². The number of para-hydroxylation sites is 1. The Morgan fingerprint density at radius 3 is 2.90 bits per heavy atom. The fourth-order valence-corrected chi connectivity index (χ4v) is 2.14. The molecule has 0 fully saturated rings. The fraction of sp³-hybridized carbons (Fsp3) is 0.400. The molecule has 1 aromatic rings. The Balaban J connectivity index is 2.15. The summed E-state index contributed by atoms with van der Waals surface area (Å²) in [5.74, 6) is -1.42. The van der Waals surface area contributed by atoms with Crippen molar-refractivity contribution in [2.45, 2.75) is 6.42 Å². The van der Waals surface area contributed by atoms with E-state index in [1.54, 1.807) is 31.2 Å². The van der Waals surface area contributed by atoms with Gasteiger partial charge in [-0.1, -0.05) is 24.3 Å². The van der Waals surface area contributed by atoms with E-state index < -0.39 is 11.8 Å². The Morgan fingerprint density at radius 1 is 1.40 bits per heavy atom. The molecule has 20 heavy (non-hydrogen) atoms. The highest BCUT2D eigenvalue weighted by atomic mass is 16.5. The Hall–Kier alpha value is -2.01. The second kappa shape index (κ2) is 6.43. The summed E-state index contributed by atoms with van der Waals surface area (Å²) in [6, 6.07) is 7.32. The number of amides is 2. The molecule has 1 aliphatic heterocycles. The summed E-state index contributed by atoms with van der Waals surface area (Å²) in [6.45, 7) is 1.15. The van der Waals surface area contributed by atoms with Crippen LogP contribution in [0, 0.1) is 5.92 Å². The molecule has 2 rings (SSSR count). The van der Waals surface area contributed by atoms with Crippen molar-refractivity contribution in [3.8, 4) is 0 Å². The standard InChI is InChI=1S/C15H18N2O3/c1-17(8-5-9-20-2)15(19)12-10-11-6-3-4-7-13(11)16-14(12)18/h3-4,6-7,10,12H,5,8-9H2,1-2H3. The second-order valence-corrected chi connectivity index (χ2v) is 4.76. The number of benzene rings is 1. The lowest BCUT2D eigenvalue weighted by Crippen LogP contribution is -2.42. The molecule has 1 heterocycles. The molecule has 1 aromatic carbocycles. The molecular weight excluding hydrogens is 256 g/mol. The summed E-state index contributed by atoms with van der Waals surface area (Å²) < 4.78 is 4.95. The van der Waals surface area contributed by atoms with Crippen LogP contribution in [0.1, 0.15) is 6.42 Å². The maximum atomic E-state index is 12.3. The number of nitrogens with zero attached hydrogens (tertiary/aromatic N) is 2. The highest BCUT2D eigenvalue weighted by Crippen LogP contribution is 2.08. The summed E-state index contributed by atoms with van der Waals surface area (Å²) in [4.78, 5) is 29.8. The van der Waals surface area contributed by atoms with E-state index >= 15 is 0 Å². The third-order valence-electron chi connectivity index (χ3n) is 3.26. The van der Waals surface area contributed by atoms with Crippen LogP contribution in [0.2, 0.25) is 0 Å². The van der Waals surface area contributed by atoms with Gasteiger partial charge in [0.15, 0.2) is 0 Å². The first-order valence-corrected chi connectivity index (χ1v) is 6.57. The molecule has 0 aromatic heterocycles. The maximum absolute atomic E-state index is 12.3. The molecule has 2 amide bonds. The molecule has 5 heteroatoms. The molecular formula is C15H18N2O3. The van der Waals surface area contributed by atoms with Crippen molar-refractivity contribution in [3.05, 3.63) is 34.8 Å². The molecule has 0 saturated carbocycles. The molecule has 1 aliphatic rings. The molecule has 0 N–H and O–H groups in total. The minimum Gasteiger partial charge on any atom is -0.385 e. The van der Waals surface area contributed by atoms with E-state index in [2.05, 4.69) is 4.99 Å². The van der Waals surface area contributed by atoms with Crippen LogP contribution in [0.4, 0.5) is 0 Å². The Labute approximate surface area is 117 Å². The summed E-state index contributed by atoms with van der Waals surface area (Å²) in [7, 11) is 3.32. The molecule has 0 saturated heterocycles. The van der Waals surface area contributed by atoms with E-state index in [0.29, 0.717) is 18.5 Å². The van der Waals surface area contributed by atoms with Gasteiger partial charge in [0, 0.05) is 27.3 Å². The first-order valence-electron chi connectivity index (χ1n) is 6.57. The minimum absolute atomic E-state index is 0.218. The fourth-order valence-electron chi connectivity index (χ4n) is 2.14. The van der Waals surface area contributed by atoms with Crippen molar-refractivity contribution >= 4 is 17.9 Å². The van der Waals surface area contributed by atoms with Crippen molar-refractivity contribution in [1.29, 1.82) is 0 Å². The lowest BCUT2D eigenvalue weighted by Gasteiger charge is -2.21. The van der Waals surface area contributed by atoms with E-state index in [1.807, 2.05) is 18.2 Å². The van der Waals surface area contributed by atoms with Crippen LogP contribution >= 0.6 is 0 Å². The van der Waals surface area contributed by atoms with E-state index in [4.69, 9.17) is 4.74 Å². The number of hydrogen-bond donors (Lipinski definition) is 0. The molecule has 0 spiro atoms. The van der Waals surface area contributed by atoms with Crippen molar-refractivity contribution < 1.29 is 14.3 Å².